The molecule has 0 spiro atoms. The highest BCUT2D eigenvalue weighted by molar-refractivity contribution is 5.26. The number of aromatic nitrogens is 2. The van der Waals surface area contributed by atoms with E-state index in [4.69, 9.17) is 0 Å². The van der Waals surface area contributed by atoms with Gasteiger partial charge in [-0.05, 0) is 45.4 Å². The molecule has 1 heterocycles. The fourth-order valence-electron chi connectivity index (χ4n) is 2.68. The van der Waals surface area contributed by atoms with Gasteiger partial charge in [0, 0.05) is 24.3 Å². The van der Waals surface area contributed by atoms with Gasteiger partial charge >= 0.3 is 0 Å². The predicted octanol–water partition coefficient (Wildman–Crippen LogP) is 3.07. The molecule has 2 rings (SSSR count). The smallest absolute Gasteiger partial charge is 0.127 e. The van der Waals surface area contributed by atoms with E-state index in [-0.39, 0.29) is 11.9 Å². The van der Waals surface area contributed by atoms with Crippen LogP contribution < -0.4 is 5.32 Å². The molecule has 0 aliphatic heterocycles. The molecule has 0 bridgehead atoms. The summed E-state index contributed by atoms with van der Waals surface area (Å²) < 4.78 is 15.8. The maximum atomic E-state index is 13.9. The molecule has 1 atom stereocenters. The van der Waals surface area contributed by atoms with E-state index in [1.807, 2.05) is 37.8 Å². The molecule has 1 aromatic heterocycles. The average molecular weight is 275 g/mol. The first-order valence-electron chi connectivity index (χ1n) is 6.95. The van der Waals surface area contributed by atoms with Crippen LogP contribution in [-0.2, 0) is 13.5 Å². The second-order valence-corrected chi connectivity index (χ2v) is 5.17. The zero-order valence-electron chi connectivity index (χ0n) is 12.6. The van der Waals surface area contributed by atoms with Crippen LogP contribution in [-0.4, -0.2) is 16.8 Å². The molecule has 0 saturated heterocycles. The van der Waals surface area contributed by atoms with Gasteiger partial charge in [-0.15, -0.1) is 0 Å². The topological polar surface area (TPSA) is 29.9 Å². The average Bonchev–Trinajstić information content (AvgIpc) is 2.67. The molecule has 0 radical (unpaired) electrons. The number of aryl methyl sites for hydroxylation is 2. The minimum absolute atomic E-state index is 0.0233. The third kappa shape index (κ3) is 2.90. The summed E-state index contributed by atoms with van der Waals surface area (Å²) >= 11 is 0. The maximum absolute atomic E-state index is 13.9. The van der Waals surface area contributed by atoms with Crippen LogP contribution in [0.1, 0.15) is 35.0 Å². The lowest BCUT2D eigenvalue weighted by Gasteiger charge is -2.17. The van der Waals surface area contributed by atoms with Crippen molar-refractivity contribution in [3.8, 4) is 0 Å². The Morgan fingerprint density at radius 3 is 2.55 bits per heavy atom. The predicted molar refractivity (Wildman–Crippen MR) is 79.2 cm³/mol. The number of nitrogens with one attached hydrogen (secondary N) is 1. The van der Waals surface area contributed by atoms with Gasteiger partial charge in [0.05, 0.1) is 5.69 Å². The monoisotopic (exact) mass is 275 g/mol. The standard InChI is InChI=1S/C16H22FN3/c1-11-13(12(2)20(4)19-11)9-10-16(18-3)14-7-5-6-8-15(14)17/h5-8,16,18H,9-10H2,1-4H3. The first-order valence-corrected chi connectivity index (χ1v) is 6.95. The quantitative estimate of drug-likeness (QED) is 0.909. The van der Waals surface area contributed by atoms with Gasteiger partial charge in [0.1, 0.15) is 5.82 Å². The van der Waals surface area contributed by atoms with Crippen molar-refractivity contribution in [3.05, 3.63) is 52.6 Å². The lowest BCUT2D eigenvalue weighted by Crippen LogP contribution is -2.18. The van der Waals surface area contributed by atoms with E-state index in [2.05, 4.69) is 17.3 Å². The van der Waals surface area contributed by atoms with Crippen LogP contribution in [0.25, 0.3) is 0 Å². The molecule has 2 aromatic rings. The Bertz CT molecular complexity index is 589. The summed E-state index contributed by atoms with van der Waals surface area (Å²) in [6, 6.07) is 6.99. The number of nitrogens with zero attached hydrogens (tertiary/aromatic N) is 2. The molecule has 0 amide bonds. The van der Waals surface area contributed by atoms with E-state index < -0.39 is 0 Å². The van der Waals surface area contributed by atoms with Gasteiger partial charge < -0.3 is 5.32 Å². The molecule has 0 aliphatic rings. The molecule has 0 aliphatic carbocycles. The Labute approximate surface area is 119 Å². The normalized spacial score (nSPS) is 12.7. The summed E-state index contributed by atoms with van der Waals surface area (Å²) in [5.41, 5.74) is 4.25. The largest absolute Gasteiger partial charge is 0.313 e. The number of hydrogen-bond donors (Lipinski definition) is 1. The third-order valence-corrected chi connectivity index (χ3v) is 3.97. The molecular weight excluding hydrogens is 253 g/mol. The van der Waals surface area contributed by atoms with Crippen LogP contribution in [0, 0.1) is 19.7 Å². The van der Waals surface area contributed by atoms with Crippen LogP contribution in [0.4, 0.5) is 4.39 Å². The van der Waals surface area contributed by atoms with Gasteiger partial charge in [0.2, 0.25) is 0 Å². The Hall–Kier alpha value is -1.68. The highest BCUT2D eigenvalue weighted by Gasteiger charge is 2.16. The van der Waals surface area contributed by atoms with E-state index in [1.54, 1.807) is 6.07 Å². The highest BCUT2D eigenvalue weighted by Crippen LogP contribution is 2.23. The molecule has 4 heteroatoms. The van der Waals surface area contributed by atoms with Crippen LogP contribution in [0.2, 0.25) is 0 Å². The Morgan fingerprint density at radius 2 is 2.00 bits per heavy atom. The number of hydrogen-bond acceptors (Lipinski definition) is 2. The van der Waals surface area contributed by atoms with Crippen molar-refractivity contribution in [3.63, 3.8) is 0 Å². The molecule has 0 fully saturated rings. The van der Waals surface area contributed by atoms with Crippen molar-refractivity contribution in [2.24, 2.45) is 7.05 Å². The molecule has 3 nitrogen and oxygen atoms in total. The molecule has 1 N–H and O–H groups in total. The Morgan fingerprint density at radius 1 is 1.30 bits per heavy atom. The lowest BCUT2D eigenvalue weighted by molar-refractivity contribution is 0.508. The molecular formula is C16H22FN3. The molecule has 0 saturated carbocycles. The highest BCUT2D eigenvalue weighted by atomic mass is 19.1. The minimum atomic E-state index is -0.147. The van der Waals surface area contributed by atoms with Crippen molar-refractivity contribution in [2.75, 3.05) is 7.05 Å². The summed E-state index contributed by atoms with van der Waals surface area (Å²) in [7, 11) is 3.83. The molecule has 108 valence electrons. The lowest BCUT2D eigenvalue weighted by atomic mass is 9.98. The first kappa shape index (κ1) is 14.7. The maximum Gasteiger partial charge on any atom is 0.127 e. The van der Waals surface area contributed by atoms with Crippen molar-refractivity contribution < 1.29 is 4.39 Å². The van der Waals surface area contributed by atoms with Gasteiger partial charge in [0.15, 0.2) is 0 Å². The first-order chi connectivity index (χ1) is 9.54. The second kappa shape index (κ2) is 6.18. The summed E-state index contributed by atoms with van der Waals surface area (Å²) in [6.07, 6.45) is 1.75. The van der Waals surface area contributed by atoms with Crippen LogP contribution >= 0.6 is 0 Å². The second-order valence-electron chi connectivity index (χ2n) is 5.17. The van der Waals surface area contributed by atoms with Crippen LogP contribution in [0.5, 0.6) is 0 Å². The SMILES string of the molecule is CNC(CCc1c(C)nn(C)c1C)c1ccccc1F. The fourth-order valence-corrected chi connectivity index (χ4v) is 2.68. The molecule has 20 heavy (non-hydrogen) atoms. The number of rotatable bonds is 5. The summed E-state index contributed by atoms with van der Waals surface area (Å²) in [5.74, 6) is -0.147. The van der Waals surface area contributed by atoms with E-state index in [0.29, 0.717) is 0 Å². The van der Waals surface area contributed by atoms with Crippen molar-refractivity contribution >= 4 is 0 Å². The van der Waals surface area contributed by atoms with Gasteiger partial charge in [-0.25, -0.2) is 4.39 Å². The van der Waals surface area contributed by atoms with Crippen LogP contribution in [0.15, 0.2) is 24.3 Å². The van der Waals surface area contributed by atoms with E-state index >= 15 is 0 Å². The van der Waals surface area contributed by atoms with Crippen molar-refractivity contribution in [1.29, 1.82) is 0 Å². The molecule has 1 unspecified atom stereocenters. The summed E-state index contributed by atoms with van der Waals surface area (Å²) in [6.45, 7) is 4.10. The minimum Gasteiger partial charge on any atom is -0.313 e. The van der Waals surface area contributed by atoms with Gasteiger partial charge in [-0.3, -0.25) is 4.68 Å². The fraction of sp³-hybridized carbons (Fsp3) is 0.438. The van der Waals surface area contributed by atoms with Gasteiger partial charge in [0.25, 0.3) is 0 Å². The van der Waals surface area contributed by atoms with Crippen molar-refractivity contribution in [2.45, 2.75) is 32.7 Å². The Kier molecular flexibility index (Phi) is 4.55. The number of benzene rings is 1. The van der Waals surface area contributed by atoms with E-state index in [0.717, 1.165) is 24.1 Å². The third-order valence-electron chi connectivity index (χ3n) is 3.97. The zero-order valence-corrected chi connectivity index (χ0v) is 12.6. The van der Waals surface area contributed by atoms with Gasteiger partial charge in [-0.1, -0.05) is 18.2 Å². The van der Waals surface area contributed by atoms with Crippen LogP contribution in [0.3, 0.4) is 0 Å². The molecule has 1 aromatic carbocycles. The van der Waals surface area contributed by atoms with Gasteiger partial charge in [-0.2, -0.15) is 5.10 Å². The van der Waals surface area contributed by atoms with E-state index in [9.17, 15) is 4.39 Å². The van der Waals surface area contributed by atoms with Crippen molar-refractivity contribution in [1.82, 2.24) is 15.1 Å². The number of halogens is 1. The zero-order chi connectivity index (χ0) is 14.7. The summed E-state index contributed by atoms with van der Waals surface area (Å²) in [5, 5.41) is 7.63. The Balaban J connectivity index is 2.14. The van der Waals surface area contributed by atoms with E-state index in [1.165, 1.54) is 17.3 Å². The summed E-state index contributed by atoms with van der Waals surface area (Å²) in [4.78, 5) is 0.